The van der Waals surface area contributed by atoms with Gasteiger partial charge in [-0.15, -0.1) is 0 Å². The number of hydrogen-bond donors (Lipinski definition) is 0. The molecule has 0 unspecified atom stereocenters. The Morgan fingerprint density at radius 3 is 1.70 bits per heavy atom. The van der Waals surface area contributed by atoms with Crippen LogP contribution in [0.15, 0.2) is 66.7 Å². The molecule has 146 valence electrons. The van der Waals surface area contributed by atoms with E-state index in [1.807, 2.05) is 24.3 Å². The van der Waals surface area contributed by atoms with E-state index in [0.717, 1.165) is 0 Å². The molecule has 0 radical (unpaired) electrons. The van der Waals surface area contributed by atoms with Crippen LogP contribution in [-0.2, 0) is 9.59 Å². The Kier molecular flexibility index (Phi) is 2.98. The fourth-order valence-electron chi connectivity index (χ4n) is 5.96. The summed E-state index contributed by atoms with van der Waals surface area (Å²) >= 11 is 0. The first kappa shape index (κ1) is 16.2. The molecule has 3 aromatic rings. The molecular weight excluding hydrogens is 378 g/mol. The second-order valence-corrected chi connectivity index (χ2v) is 8.31. The standard InChI is InChI=1S/C25H17NO4/c27-24-22-20-14-5-1-2-6-15(14)21(17-8-4-3-7-16(17)20)23(22)25(28)26(24)13-9-10-18-19(11-13)30-12-29-18/h1-11,20-23H,12H2/t20?,21?,22-,23-/m0/s1. The van der Waals surface area contributed by atoms with E-state index in [-0.39, 0.29) is 42.3 Å². The van der Waals surface area contributed by atoms with Crippen molar-refractivity contribution in [2.45, 2.75) is 11.8 Å². The van der Waals surface area contributed by atoms with Crippen LogP contribution in [0.5, 0.6) is 11.5 Å². The highest BCUT2D eigenvalue weighted by Gasteiger charge is 2.61. The van der Waals surface area contributed by atoms with Gasteiger partial charge in [-0.3, -0.25) is 9.59 Å². The summed E-state index contributed by atoms with van der Waals surface area (Å²) in [5.74, 6) is 0.0135. The molecule has 5 aliphatic rings. The van der Waals surface area contributed by atoms with Gasteiger partial charge in [-0.25, -0.2) is 4.90 Å². The second kappa shape index (κ2) is 5.51. The number of hydrogen-bond acceptors (Lipinski definition) is 4. The van der Waals surface area contributed by atoms with Crippen LogP contribution in [0.25, 0.3) is 0 Å². The van der Waals surface area contributed by atoms with Crippen LogP contribution < -0.4 is 14.4 Å². The van der Waals surface area contributed by atoms with E-state index in [4.69, 9.17) is 9.47 Å². The smallest absolute Gasteiger partial charge is 0.238 e. The van der Waals surface area contributed by atoms with Crippen molar-refractivity contribution in [2.75, 3.05) is 11.7 Å². The van der Waals surface area contributed by atoms with E-state index in [0.29, 0.717) is 17.2 Å². The highest BCUT2D eigenvalue weighted by Crippen LogP contribution is 2.61. The van der Waals surface area contributed by atoms with Crippen LogP contribution in [0, 0.1) is 11.8 Å². The number of carbonyl (C=O) groups is 2. The van der Waals surface area contributed by atoms with Gasteiger partial charge in [0.1, 0.15) is 0 Å². The number of rotatable bonds is 1. The fraction of sp³-hybridized carbons (Fsp3) is 0.200. The summed E-state index contributed by atoms with van der Waals surface area (Å²) in [6, 6.07) is 21.8. The largest absolute Gasteiger partial charge is 0.454 e. The zero-order chi connectivity index (χ0) is 20.0. The van der Waals surface area contributed by atoms with Crippen molar-refractivity contribution in [3.63, 3.8) is 0 Å². The number of ether oxygens (including phenoxy) is 2. The molecule has 30 heavy (non-hydrogen) atoms. The maximum atomic E-state index is 13.7. The molecule has 0 saturated carbocycles. The fourth-order valence-corrected chi connectivity index (χ4v) is 5.96. The molecule has 1 fully saturated rings. The third-order valence-corrected chi connectivity index (χ3v) is 7.06. The van der Waals surface area contributed by atoms with Crippen molar-refractivity contribution in [1.82, 2.24) is 0 Å². The van der Waals surface area contributed by atoms with Gasteiger partial charge in [-0.2, -0.15) is 0 Å². The van der Waals surface area contributed by atoms with Crippen LogP contribution in [-0.4, -0.2) is 18.6 Å². The molecule has 0 N–H and O–H groups in total. The van der Waals surface area contributed by atoms with Crippen molar-refractivity contribution in [3.8, 4) is 11.5 Å². The highest BCUT2D eigenvalue weighted by atomic mass is 16.7. The molecule has 3 aliphatic carbocycles. The number of fused-ring (bicyclic) bond motifs is 1. The average molecular weight is 395 g/mol. The molecule has 2 aliphatic heterocycles. The molecule has 2 atom stereocenters. The number of anilines is 1. The quantitative estimate of drug-likeness (QED) is 0.588. The van der Waals surface area contributed by atoms with Crippen LogP contribution >= 0.6 is 0 Å². The lowest BCUT2D eigenvalue weighted by Crippen LogP contribution is -2.41. The van der Waals surface area contributed by atoms with Crippen LogP contribution in [0.1, 0.15) is 34.1 Å². The Labute approximate surface area is 172 Å². The van der Waals surface area contributed by atoms with E-state index >= 15 is 0 Å². The van der Waals surface area contributed by atoms with Gasteiger partial charge < -0.3 is 9.47 Å². The maximum Gasteiger partial charge on any atom is 0.238 e. The van der Waals surface area contributed by atoms with Crippen molar-refractivity contribution < 1.29 is 19.1 Å². The molecule has 1 saturated heterocycles. The lowest BCUT2D eigenvalue weighted by atomic mass is 9.55. The summed E-state index contributed by atoms with van der Waals surface area (Å²) in [7, 11) is 0. The molecular formula is C25H17NO4. The number of benzene rings is 3. The molecule has 5 heteroatoms. The summed E-state index contributed by atoms with van der Waals surface area (Å²) in [6.07, 6.45) is 0. The van der Waals surface area contributed by atoms with Gasteiger partial charge in [0.2, 0.25) is 18.6 Å². The van der Waals surface area contributed by atoms with Gasteiger partial charge >= 0.3 is 0 Å². The molecule has 8 rings (SSSR count). The lowest BCUT2D eigenvalue weighted by molar-refractivity contribution is -0.122. The molecule has 3 aromatic carbocycles. The zero-order valence-electron chi connectivity index (χ0n) is 15.9. The molecule has 2 bridgehead atoms. The van der Waals surface area contributed by atoms with E-state index in [2.05, 4.69) is 24.3 Å². The Balaban J connectivity index is 1.41. The van der Waals surface area contributed by atoms with Crippen molar-refractivity contribution in [1.29, 1.82) is 0 Å². The summed E-state index contributed by atoms with van der Waals surface area (Å²) in [5.41, 5.74) is 5.26. The lowest BCUT2D eigenvalue weighted by Gasteiger charge is -2.45. The first-order valence-electron chi connectivity index (χ1n) is 10.2. The Morgan fingerprint density at radius 2 is 1.17 bits per heavy atom. The number of nitrogens with zero attached hydrogens (tertiary/aromatic N) is 1. The summed E-state index contributed by atoms with van der Waals surface area (Å²) < 4.78 is 10.9. The SMILES string of the molecule is O=C1[C@H]2C3c4ccccc4C(c4ccccc43)[C@@H]2C(=O)N1c1ccc2c(c1)OCO2. The minimum atomic E-state index is -0.377. The predicted molar refractivity (Wildman–Crippen MR) is 109 cm³/mol. The van der Waals surface area contributed by atoms with E-state index in [9.17, 15) is 9.59 Å². The molecule has 2 amide bonds. The zero-order valence-corrected chi connectivity index (χ0v) is 15.9. The van der Waals surface area contributed by atoms with E-state index in [1.165, 1.54) is 27.2 Å². The van der Waals surface area contributed by atoms with Crippen LogP contribution in [0.3, 0.4) is 0 Å². The molecule has 0 spiro atoms. The predicted octanol–water partition coefficient (Wildman–Crippen LogP) is 3.81. The Bertz CT molecular complexity index is 1150. The van der Waals surface area contributed by atoms with Crippen LogP contribution in [0.2, 0.25) is 0 Å². The summed E-state index contributed by atoms with van der Waals surface area (Å²) in [6.45, 7) is 0.153. The van der Waals surface area contributed by atoms with Crippen molar-refractivity contribution in [2.24, 2.45) is 11.8 Å². The minimum Gasteiger partial charge on any atom is -0.454 e. The maximum absolute atomic E-state index is 13.7. The van der Waals surface area contributed by atoms with E-state index in [1.54, 1.807) is 18.2 Å². The van der Waals surface area contributed by atoms with Gasteiger partial charge in [0, 0.05) is 17.9 Å². The summed E-state index contributed by atoms with van der Waals surface area (Å²) in [4.78, 5) is 28.8. The third-order valence-electron chi connectivity index (χ3n) is 7.06. The van der Waals surface area contributed by atoms with Crippen LogP contribution in [0.4, 0.5) is 5.69 Å². The third kappa shape index (κ3) is 1.83. The van der Waals surface area contributed by atoms with Gasteiger partial charge in [0.15, 0.2) is 11.5 Å². The molecule has 2 heterocycles. The van der Waals surface area contributed by atoms with Crippen molar-refractivity contribution in [3.05, 3.63) is 89.0 Å². The normalized spacial score (nSPS) is 27.1. The number of carbonyl (C=O) groups excluding carboxylic acids is 2. The Morgan fingerprint density at radius 1 is 0.667 bits per heavy atom. The molecule has 0 aromatic heterocycles. The van der Waals surface area contributed by atoms with Gasteiger partial charge in [0.25, 0.3) is 0 Å². The Hall–Kier alpha value is -3.60. The minimum absolute atomic E-state index is 0.0946. The summed E-state index contributed by atoms with van der Waals surface area (Å²) in [5, 5.41) is 0. The first-order valence-corrected chi connectivity index (χ1v) is 10.2. The topological polar surface area (TPSA) is 55.8 Å². The van der Waals surface area contributed by atoms with E-state index < -0.39 is 0 Å². The first-order chi connectivity index (χ1) is 14.7. The van der Waals surface area contributed by atoms with Gasteiger partial charge in [0.05, 0.1) is 17.5 Å². The number of amides is 2. The van der Waals surface area contributed by atoms with Crippen molar-refractivity contribution >= 4 is 17.5 Å². The van der Waals surface area contributed by atoms with Gasteiger partial charge in [-0.05, 0) is 34.4 Å². The highest BCUT2D eigenvalue weighted by molar-refractivity contribution is 6.23. The molecule has 5 nitrogen and oxygen atoms in total. The number of imide groups is 1. The van der Waals surface area contributed by atoms with Gasteiger partial charge in [-0.1, -0.05) is 48.5 Å². The average Bonchev–Trinajstić information content (AvgIpc) is 3.36. The monoisotopic (exact) mass is 395 g/mol. The second-order valence-electron chi connectivity index (χ2n) is 8.31.